The number of halogens is 2. The van der Waals surface area contributed by atoms with E-state index in [1.807, 2.05) is 30.3 Å². The second-order valence-corrected chi connectivity index (χ2v) is 7.45. The summed E-state index contributed by atoms with van der Waals surface area (Å²) in [4.78, 5) is 12.7. The normalized spacial score (nSPS) is 13.0. The van der Waals surface area contributed by atoms with Crippen molar-refractivity contribution in [3.63, 3.8) is 0 Å². The smallest absolute Gasteiger partial charge is 0.349 e. The van der Waals surface area contributed by atoms with Crippen LogP contribution in [0.25, 0.3) is 0 Å². The molecule has 0 aliphatic rings. The first-order valence-corrected chi connectivity index (χ1v) is 9.71. The zero-order valence-corrected chi connectivity index (χ0v) is 17.0. The molecule has 0 aliphatic carbocycles. The molecule has 5 heteroatoms. The van der Waals surface area contributed by atoms with Crippen molar-refractivity contribution in [1.29, 1.82) is 0 Å². The van der Waals surface area contributed by atoms with E-state index in [0.717, 1.165) is 0 Å². The average molecular weight is 413 g/mol. The van der Waals surface area contributed by atoms with Crippen LogP contribution in [0.3, 0.4) is 0 Å². The van der Waals surface area contributed by atoms with Crippen LogP contribution in [-0.2, 0) is 21.8 Å². The summed E-state index contributed by atoms with van der Waals surface area (Å²) in [7, 11) is 0. The van der Waals surface area contributed by atoms with E-state index in [0.29, 0.717) is 22.1 Å². The Hall–Kier alpha value is -2.85. The van der Waals surface area contributed by atoms with Crippen LogP contribution in [0.1, 0.15) is 25.0 Å². The van der Waals surface area contributed by atoms with Gasteiger partial charge < -0.3 is 9.47 Å². The molecular weight excluding hydrogens is 391 g/mol. The van der Waals surface area contributed by atoms with Crippen molar-refractivity contribution in [2.24, 2.45) is 5.92 Å². The summed E-state index contributed by atoms with van der Waals surface area (Å²) in [5, 5.41) is 0.475. The quantitative estimate of drug-likeness (QED) is 0.405. The van der Waals surface area contributed by atoms with Crippen LogP contribution in [0.2, 0.25) is 5.02 Å². The predicted molar refractivity (Wildman–Crippen MR) is 112 cm³/mol. The topological polar surface area (TPSA) is 35.5 Å². The Labute approximate surface area is 175 Å². The van der Waals surface area contributed by atoms with Gasteiger partial charge in [0.1, 0.15) is 18.1 Å². The molecule has 0 saturated carbocycles. The molecule has 0 aromatic heterocycles. The lowest BCUT2D eigenvalue weighted by Gasteiger charge is -2.27. The molecule has 29 heavy (non-hydrogen) atoms. The molecule has 0 aliphatic heterocycles. The minimum atomic E-state index is -2.26. The van der Waals surface area contributed by atoms with Crippen molar-refractivity contribution in [1.82, 2.24) is 0 Å². The average Bonchev–Trinajstić information content (AvgIpc) is 2.73. The number of para-hydroxylation sites is 1. The summed E-state index contributed by atoms with van der Waals surface area (Å²) in [6.07, 6.45) is 0. The molecule has 3 nitrogen and oxygen atoms in total. The lowest BCUT2D eigenvalue weighted by molar-refractivity contribution is -0.163. The van der Waals surface area contributed by atoms with Gasteiger partial charge in [-0.25, -0.2) is 9.18 Å². The highest BCUT2D eigenvalue weighted by Crippen LogP contribution is 2.36. The molecule has 0 spiro atoms. The zero-order chi connectivity index (χ0) is 20.9. The third-order valence-corrected chi connectivity index (χ3v) is 4.86. The van der Waals surface area contributed by atoms with Gasteiger partial charge in [0.15, 0.2) is 0 Å². The minimum absolute atomic E-state index is 0.0587. The van der Waals surface area contributed by atoms with Gasteiger partial charge in [0, 0.05) is 16.5 Å². The van der Waals surface area contributed by atoms with Gasteiger partial charge in [-0.2, -0.15) is 0 Å². The molecule has 0 amide bonds. The van der Waals surface area contributed by atoms with Crippen molar-refractivity contribution < 1.29 is 18.7 Å². The highest BCUT2D eigenvalue weighted by atomic mass is 35.5. The summed E-state index contributed by atoms with van der Waals surface area (Å²) in [5.41, 5.74) is -1.33. The van der Waals surface area contributed by atoms with Gasteiger partial charge in [0.05, 0.1) is 0 Å². The van der Waals surface area contributed by atoms with Gasteiger partial charge >= 0.3 is 5.97 Å². The lowest BCUT2D eigenvalue weighted by atomic mass is 9.85. The van der Waals surface area contributed by atoms with Crippen molar-refractivity contribution in [2.75, 3.05) is 0 Å². The van der Waals surface area contributed by atoms with E-state index in [2.05, 4.69) is 0 Å². The second-order valence-electron chi connectivity index (χ2n) is 7.01. The number of carbonyl (C=O) groups is 1. The minimum Gasteiger partial charge on any atom is -0.458 e. The molecule has 0 heterocycles. The number of benzene rings is 3. The van der Waals surface area contributed by atoms with Crippen LogP contribution < -0.4 is 4.74 Å². The first-order valence-electron chi connectivity index (χ1n) is 9.33. The van der Waals surface area contributed by atoms with E-state index < -0.39 is 17.6 Å². The van der Waals surface area contributed by atoms with E-state index >= 15 is 4.39 Å². The van der Waals surface area contributed by atoms with Gasteiger partial charge in [0.25, 0.3) is 0 Å². The number of hydrogen-bond acceptors (Lipinski definition) is 3. The van der Waals surface area contributed by atoms with Crippen molar-refractivity contribution in [3.8, 4) is 11.5 Å². The van der Waals surface area contributed by atoms with E-state index in [4.69, 9.17) is 21.1 Å². The van der Waals surface area contributed by atoms with E-state index in [-0.39, 0.29) is 12.2 Å². The molecule has 1 unspecified atom stereocenters. The summed E-state index contributed by atoms with van der Waals surface area (Å²) >= 11 is 5.88. The molecule has 0 saturated heterocycles. The molecule has 3 rings (SSSR count). The molecule has 3 aromatic rings. The Balaban J connectivity index is 1.72. The number of hydrogen-bond donors (Lipinski definition) is 0. The number of alkyl halides is 1. The number of ether oxygens (including phenoxy) is 2. The Bertz CT molecular complexity index is 957. The standard InChI is InChI=1S/C24H22ClFO3/c1-17(2)24(26,19-11-13-20(25)14-12-19)23(27)28-16-18-7-6-10-22(15-18)29-21-8-4-3-5-9-21/h3-15,17H,16H2,1-2H3. The first kappa shape index (κ1) is 20.9. The molecule has 150 valence electrons. The lowest BCUT2D eigenvalue weighted by Crippen LogP contribution is -2.38. The Morgan fingerprint density at radius 1 is 0.966 bits per heavy atom. The maximum absolute atomic E-state index is 15.7. The highest BCUT2D eigenvalue weighted by Gasteiger charge is 2.45. The molecule has 0 N–H and O–H groups in total. The van der Waals surface area contributed by atoms with Gasteiger partial charge in [-0.15, -0.1) is 0 Å². The summed E-state index contributed by atoms with van der Waals surface area (Å²) < 4.78 is 26.8. The fraction of sp³-hybridized carbons (Fsp3) is 0.208. The summed E-state index contributed by atoms with van der Waals surface area (Å²) in [6, 6.07) is 22.7. The monoisotopic (exact) mass is 412 g/mol. The maximum atomic E-state index is 15.7. The van der Waals surface area contributed by atoms with E-state index in [1.54, 1.807) is 50.2 Å². The van der Waals surface area contributed by atoms with E-state index in [1.165, 1.54) is 12.1 Å². The van der Waals surface area contributed by atoms with Crippen LogP contribution in [0.5, 0.6) is 11.5 Å². The summed E-state index contributed by atoms with van der Waals surface area (Å²) in [5.74, 6) is -0.224. The van der Waals surface area contributed by atoms with Gasteiger partial charge in [-0.1, -0.05) is 67.9 Å². The van der Waals surface area contributed by atoms with Crippen LogP contribution >= 0.6 is 11.6 Å². The van der Waals surface area contributed by atoms with Gasteiger partial charge in [0.2, 0.25) is 5.67 Å². The third-order valence-electron chi connectivity index (χ3n) is 4.60. The third kappa shape index (κ3) is 4.96. The van der Waals surface area contributed by atoms with Crippen molar-refractivity contribution >= 4 is 17.6 Å². The predicted octanol–water partition coefficient (Wildman–Crippen LogP) is 6.70. The Morgan fingerprint density at radius 2 is 1.62 bits per heavy atom. The Morgan fingerprint density at radius 3 is 2.28 bits per heavy atom. The van der Waals surface area contributed by atoms with Gasteiger partial charge in [-0.3, -0.25) is 0 Å². The van der Waals surface area contributed by atoms with Crippen LogP contribution in [0.15, 0.2) is 78.9 Å². The number of esters is 1. The number of rotatable bonds is 7. The fourth-order valence-corrected chi connectivity index (χ4v) is 3.08. The first-order chi connectivity index (χ1) is 13.9. The van der Waals surface area contributed by atoms with Crippen LogP contribution in [0.4, 0.5) is 4.39 Å². The fourth-order valence-electron chi connectivity index (χ4n) is 2.96. The molecule has 3 aromatic carbocycles. The summed E-state index contributed by atoms with van der Waals surface area (Å²) in [6.45, 7) is 3.23. The zero-order valence-electron chi connectivity index (χ0n) is 16.3. The second kappa shape index (κ2) is 9.10. The maximum Gasteiger partial charge on any atom is 0.349 e. The molecule has 0 radical (unpaired) electrons. The Kier molecular flexibility index (Phi) is 6.55. The van der Waals surface area contributed by atoms with E-state index in [9.17, 15) is 4.79 Å². The molecular formula is C24H22ClFO3. The van der Waals surface area contributed by atoms with Gasteiger partial charge in [-0.05, 0) is 42.0 Å². The molecule has 0 bridgehead atoms. The highest BCUT2D eigenvalue weighted by molar-refractivity contribution is 6.30. The molecule has 0 fully saturated rings. The van der Waals surface area contributed by atoms with Crippen LogP contribution in [-0.4, -0.2) is 5.97 Å². The number of carbonyl (C=O) groups excluding carboxylic acids is 1. The molecule has 1 atom stereocenters. The van der Waals surface area contributed by atoms with Crippen molar-refractivity contribution in [2.45, 2.75) is 26.1 Å². The largest absolute Gasteiger partial charge is 0.458 e. The SMILES string of the molecule is CC(C)C(F)(C(=O)OCc1cccc(Oc2ccccc2)c1)c1ccc(Cl)cc1. The van der Waals surface area contributed by atoms with Crippen molar-refractivity contribution in [3.05, 3.63) is 95.0 Å². The van der Waals surface area contributed by atoms with Crippen LogP contribution in [0, 0.1) is 5.92 Å².